The predicted octanol–water partition coefficient (Wildman–Crippen LogP) is 1.42. The van der Waals surface area contributed by atoms with E-state index >= 15 is 0 Å². The Morgan fingerprint density at radius 2 is 2.04 bits per heavy atom. The summed E-state index contributed by atoms with van der Waals surface area (Å²) in [6.07, 6.45) is 5.43. The quantitative estimate of drug-likeness (QED) is 0.869. The van der Waals surface area contributed by atoms with Crippen LogP contribution in [0.25, 0.3) is 0 Å². The summed E-state index contributed by atoms with van der Waals surface area (Å²) in [5, 5.41) is 2.89. The largest absolute Gasteiger partial charge is 0.467 e. The van der Waals surface area contributed by atoms with Gasteiger partial charge in [-0.25, -0.2) is 0 Å². The molecule has 0 aliphatic carbocycles. The van der Waals surface area contributed by atoms with E-state index in [0.717, 1.165) is 38.5 Å². The number of hydrogen-bond donors (Lipinski definition) is 1. The van der Waals surface area contributed by atoms with Crippen molar-refractivity contribution in [2.24, 2.45) is 0 Å². The van der Waals surface area contributed by atoms with Crippen molar-refractivity contribution in [3.05, 3.63) is 53.7 Å². The zero-order chi connectivity index (χ0) is 16.8. The molecule has 0 atom stereocenters. The number of nitrogens with zero attached hydrogens (tertiary/aromatic N) is 3. The maximum atomic E-state index is 12.0. The smallest absolute Gasteiger partial charge is 0.234 e. The van der Waals surface area contributed by atoms with Crippen molar-refractivity contribution in [2.45, 2.75) is 20.0 Å². The Labute approximate surface area is 142 Å². The molecular weight excluding hydrogens is 304 g/mol. The number of aryl methyl sites for hydroxylation is 1. The third kappa shape index (κ3) is 4.91. The van der Waals surface area contributed by atoms with Gasteiger partial charge in [0, 0.05) is 45.1 Å². The third-order valence-corrected chi connectivity index (χ3v) is 4.21. The highest BCUT2D eigenvalue weighted by Gasteiger charge is 2.19. The molecule has 0 spiro atoms. The van der Waals surface area contributed by atoms with Gasteiger partial charge in [0.25, 0.3) is 0 Å². The lowest BCUT2D eigenvalue weighted by molar-refractivity contribution is -0.122. The Bertz CT molecular complexity index is 649. The first-order chi connectivity index (χ1) is 11.7. The second kappa shape index (κ2) is 8.08. The van der Waals surface area contributed by atoms with Gasteiger partial charge in [0.1, 0.15) is 5.76 Å². The summed E-state index contributed by atoms with van der Waals surface area (Å²) in [7, 11) is 0. The fourth-order valence-electron chi connectivity index (χ4n) is 2.93. The Morgan fingerprint density at radius 1 is 1.25 bits per heavy atom. The fourth-order valence-corrected chi connectivity index (χ4v) is 2.93. The number of hydrogen-bond acceptors (Lipinski definition) is 5. The number of rotatable bonds is 6. The molecule has 1 aliphatic rings. The van der Waals surface area contributed by atoms with E-state index in [0.29, 0.717) is 13.1 Å². The van der Waals surface area contributed by atoms with Gasteiger partial charge in [-0.1, -0.05) is 6.07 Å². The summed E-state index contributed by atoms with van der Waals surface area (Å²) in [6, 6.07) is 5.87. The number of piperazine rings is 1. The monoisotopic (exact) mass is 328 g/mol. The van der Waals surface area contributed by atoms with Gasteiger partial charge in [-0.2, -0.15) is 0 Å². The first kappa shape index (κ1) is 16.7. The number of aromatic nitrogens is 1. The molecule has 2 aromatic heterocycles. The lowest BCUT2D eigenvalue weighted by Crippen LogP contribution is -2.49. The minimum Gasteiger partial charge on any atom is -0.467 e. The van der Waals surface area contributed by atoms with Crippen LogP contribution in [0.1, 0.15) is 16.9 Å². The highest BCUT2D eigenvalue weighted by atomic mass is 16.3. The molecule has 1 N–H and O–H groups in total. The van der Waals surface area contributed by atoms with Gasteiger partial charge in [-0.15, -0.1) is 0 Å². The maximum Gasteiger partial charge on any atom is 0.234 e. The average Bonchev–Trinajstić information content (AvgIpc) is 3.08. The zero-order valence-electron chi connectivity index (χ0n) is 14.1. The Kier molecular flexibility index (Phi) is 5.61. The van der Waals surface area contributed by atoms with Crippen LogP contribution < -0.4 is 5.32 Å². The van der Waals surface area contributed by atoms with Gasteiger partial charge in [0.2, 0.25) is 5.91 Å². The number of carbonyl (C=O) groups excluding carboxylic acids is 1. The van der Waals surface area contributed by atoms with E-state index < -0.39 is 0 Å². The molecule has 0 saturated carbocycles. The maximum absolute atomic E-state index is 12.0. The molecule has 0 unspecified atom stereocenters. The van der Waals surface area contributed by atoms with E-state index in [1.807, 2.05) is 24.5 Å². The van der Waals surface area contributed by atoms with Crippen molar-refractivity contribution in [3.8, 4) is 0 Å². The molecule has 2 aromatic rings. The molecule has 6 nitrogen and oxygen atoms in total. The van der Waals surface area contributed by atoms with Gasteiger partial charge in [-0.3, -0.25) is 19.6 Å². The zero-order valence-corrected chi connectivity index (χ0v) is 14.1. The SMILES string of the molecule is Cc1cncc(CN2CCN(CC(=O)NCc3ccco3)CC2)c1. The molecule has 1 fully saturated rings. The minimum atomic E-state index is 0.0442. The second-order valence-corrected chi connectivity index (χ2v) is 6.28. The van der Waals surface area contributed by atoms with E-state index in [-0.39, 0.29) is 5.91 Å². The van der Waals surface area contributed by atoms with Crippen LogP contribution in [0.5, 0.6) is 0 Å². The molecule has 0 aromatic carbocycles. The molecule has 3 rings (SSSR count). The summed E-state index contributed by atoms with van der Waals surface area (Å²) in [6.45, 7) is 7.65. The standard InChI is InChI=1S/C18H24N4O2/c1-15-9-16(11-19-10-15)13-21-4-6-22(7-5-21)14-18(23)20-12-17-3-2-8-24-17/h2-3,8-11H,4-7,12-14H2,1H3,(H,20,23). The van der Waals surface area contributed by atoms with Gasteiger partial charge in [-0.05, 0) is 30.2 Å². The number of pyridine rings is 1. The fraction of sp³-hybridized carbons (Fsp3) is 0.444. The first-order valence-corrected chi connectivity index (χ1v) is 8.33. The summed E-state index contributed by atoms with van der Waals surface area (Å²) in [4.78, 5) is 20.9. The molecule has 0 radical (unpaired) electrons. The Morgan fingerprint density at radius 3 is 2.75 bits per heavy atom. The lowest BCUT2D eigenvalue weighted by Gasteiger charge is -2.34. The van der Waals surface area contributed by atoms with Crippen LogP contribution in [0, 0.1) is 6.92 Å². The van der Waals surface area contributed by atoms with Gasteiger partial charge < -0.3 is 9.73 Å². The van der Waals surface area contributed by atoms with Gasteiger partial charge in [0.15, 0.2) is 0 Å². The van der Waals surface area contributed by atoms with E-state index in [2.05, 4.69) is 33.1 Å². The third-order valence-electron chi connectivity index (χ3n) is 4.21. The van der Waals surface area contributed by atoms with Crippen molar-refractivity contribution in [3.63, 3.8) is 0 Å². The second-order valence-electron chi connectivity index (χ2n) is 6.28. The molecule has 6 heteroatoms. The van der Waals surface area contributed by atoms with Gasteiger partial charge >= 0.3 is 0 Å². The van der Waals surface area contributed by atoms with Crippen molar-refractivity contribution >= 4 is 5.91 Å². The predicted molar refractivity (Wildman–Crippen MR) is 91.2 cm³/mol. The van der Waals surface area contributed by atoms with Crippen LogP contribution in [0.15, 0.2) is 41.3 Å². The highest BCUT2D eigenvalue weighted by Crippen LogP contribution is 2.09. The Balaban J connectivity index is 1.38. The molecule has 128 valence electrons. The van der Waals surface area contributed by atoms with E-state index in [1.165, 1.54) is 11.1 Å². The van der Waals surface area contributed by atoms with Crippen molar-refractivity contribution in [1.82, 2.24) is 20.1 Å². The summed E-state index contributed by atoms with van der Waals surface area (Å²) in [5.74, 6) is 0.822. The molecule has 1 amide bonds. The highest BCUT2D eigenvalue weighted by molar-refractivity contribution is 5.77. The lowest BCUT2D eigenvalue weighted by atomic mass is 10.2. The number of furan rings is 1. The topological polar surface area (TPSA) is 61.6 Å². The summed E-state index contributed by atoms with van der Waals surface area (Å²) in [5.41, 5.74) is 2.44. The number of amides is 1. The normalized spacial score (nSPS) is 16.2. The molecule has 1 aliphatic heterocycles. The number of nitrogens with one attached hydrogen (secondary N) is 1. The molecule has 24 heavy (non-hydrogen) atoms. The summed E-state index contributed by atoms with van der Waals surface area (Å²) < 4.78 is 5.21. The van der Waals surface area contributed by atoms with Crippen molar-refractivity contribution < 1.29 is 9.21 Å². The van der Waals surface area contributed by atoms with Crippen LogP contribution >= 0.6 is 0 Å². The van der Waals surface area contributed by atoms with Crippen molar-refractivity contribution in [1.29, 1.82) is 0 Å². The first-order valence-electron chi connectivity index (χ1n) is 8.33. The van der Waals surface area contributed by atoms with E-state index in [4.69, 9.17) is 4.42 Å². The van der Waals surface area contributed by atoms with Crippen LogP contribution in [0.2, 0.25) is 0 Å². The molecule has 3 heterocycles. The summed E-state index contributed by atoms with van der Waals surface area (Å²) >= 11 is 0. The van der Waals surface area contributed by atoms with Crippen LogP contribution in [0.4, 0.5) is 0 Å². The molecule has 1 saturated heterocycles. The Hall–Kier alpha value is -2.18. The molecular formula is C18H24N4O2. The van der Waals surface area contributed by atoms with Gasteiger partial charge in [0.05, 0.1) is 19.4 Å². The van der Waals surface area contributed by atoms with Crippen molar-refractivity contribution in [2.75, 3.05) is 32.7 Å². The number of carbonyl (C=O) groups is 1. The minimum absolute atomic E-state index is 0.0442. The molecule has 0 bridgehead atoms. The van der Waals surface area contributed by atoms with Crippen LogP contribution in [-0.4, -0.2) is 53.4 Å². The van der Waals surface area contributed by atoms with E-state index in [9.17, 15) is 4.79 Å². The van der Waals surface area contributed by atoms with E-state index in [1.54, 1.807) is 6.26 Å². The van der Waals surface area contributed by atoms with Crippen LogP contribution in [-0.2, 0) is 17.9 Å². The average molecular weight is 328 g/mol. The van der Waals surface area contributed by atoms with Crippen LogP contribution in [0.3, 0.4) is 0 Å².